The Kier molecular flexibility index (Phi) is 5.03. The predicted octanol–water partition coefficient (Wildman–Crippen LogP) is 2.71. The number of hydrogen-bond donors (Lipinski definition) is 1. The average Bonchev–Trinajstić information content (AvgIpc) is 2.77. The molecule has 1 unspecified atom stereocenters. The number of hydrogen-bond acceptors (Lipinski definition) is 3. The molecule has 0 aromatic heterocycles. The Bertz CT molecular complexity index is 406. The highest BCUT2D eigenvalue weighted by molar-refractivity contribution is 9.10. The molecule has 4 heteroatoms. The zero-order valence-electron chi connectivity index (χ0n) is 10.6. The minimum atomic E-state index is -0.331. The summed E-state index contributed by atoms with van der Waals surface area (Å²) in [7, 11) is 1.68. The first-order chi connectivity index (χ1) is 8.70. The van der Waals surface area contributed by atoms with Gasteiger partial charge in [0.2, 0.25) is 0 Å². The number of aliphatic hydroxyl groups excluding tert-OH is 1. The van der Waals surface area contributed by atoms with Crippen molar-refractivity contribution in [3.8, 4) is 5.75 Å². The molecule has 1 N–H and O–H groups in total. The fourth-order valence-corrected chi connectivity index (χ4v) is 2.87. The summed E-state index contributed by atoms with van der Waals surface area (Å²) in [5.41, 5.74) is 2.34. The Morgan fingerprint density at radius 1 is 1.50 bits per heavy atom. The van der Waals surface area contributed by atoms with E-state index in [1.165, 1.54) is 5.56 Å². The van der Waals surface area contributed by atoms with Gasteiger partial charge in [0.05, 0.1) is 12.7 Å². The molecule has 1 atom stereocenters. The Labute approximate surface area is 116 Å². The lowest BCUT2D eigenvalue weighted by Gasteiger charge is -2.13. The molecule has 100 valence electrons. The topological polar surface area (TPSA) is 38.7 Å². The van der Waals surface area contributed by atoms with Crippen LogP contribution in [0.4, 0.5) is 0 Å². The van der Waals surface area contributed by atoms with Crippen molar-refractivity contribution in [2.75, 3.05) is 20.3 Å². The van der Waals surface area contributed by atoms with Crippen LogP contribution in [0.15, 0.2) is 16.6 Å². The Morgan fingerprint density at radius 3 is 3.11 bits per heavy atom. The highest BCUT2D eigenvalue weighted by atomic mass is 79.9. The molecule has 0 fully saturated rings. The molecular formula is C14H19BrO3. The van der Waals surface area contributed by atoms with Crippen molar-refractivity contribution in [2.24, 2.45) is 0 Å². The molecular weight excluding hydrogens is 296 g/mol. The zero-order chi connectivity index (χ0) is 13.0. The fourth-order valence-electron chi connectivity index (χ4n) is 2.32. The number of ether oxygens (including phenoxy) is 2. The van der Waals surface area contributed by atoms with Gasteiger partial charge in [0.1, 0.15) is 5.75 Å². The molecule has 0 amide bonds. The minimum absolute atomic E-state index is 0.331. The third-order valence-corrected chi connectivity index (χ3v) is 3.62. The predicted molar refractivity (Wildman–Crippen MR) is 74.2 cm³/mol. The van der Waals surface area contributed by atoms with Crippen molar-refractivity contribution in [2.45, 2.75) is 31.8 Å². The number of fused-ring (bicyclic) bond motifs is 1. The molecule has 1 aromatic carbocycles. The molecule has 0 bridgehead atoms. The van der Waals surface area contributed by atoms with Gasteiger partial charge < -0.3 is 14.6 Å². The maximum atomic E-state index is 10.0. The van der Waals surface area contributed by atoms with Crippen LogP contribution in [0, 0.1) is 0 Å². The summed E-state index contributed by atoms with van der Waals surface area (Å²) in [4.78, 5) is 0. The van der Waals surface area contributed by atoms with Crippen molar-refractivity contribution >= 4 is 15.9 Å². The van der Waals surface area contributed by atoms with Crippen molar-refractivity contribution in [1.29, 1.82) is 0 Å². The first kappa shape index (κ1) is 13.8. The van der Waals surface area contributed by atoms with Crippen LogP contribution in [0.1, 0.15) is 24.0 Å². The van der Waals surface area contributed by atoms with Crippen LogP contribution < -0.4 is 4.74 Å². The first-order valence-electron chi connectivity index (χ1n) is 6.32. The maximum Gasteiger partial charge on any atom is 0.125 e. The van der Waals surface area contributed by atoms with Crippen molar-refractivity contribution in [3.05, 3.63) is 27.7 Å². The van der Waals surface area contributed by atoms with E-state index >= 15 is 0 Å². The van der Waals surface area contributed by atoms with Crippen LogP contribution in [0.25, 0.3) is 0 Å². The second-order valence-electron chi connectivity index (χ2n) is 4.64. The highest BCUT2D eigenvalue weighted by Gasteiger charge is 2.19. The Morgan fingerprint density at radius 2 is 2.33 bits per heavy atom. The molecule has 0 saturated heterocycles. The van der Waals surface area contributed by atoms with E-state index in [1.54, 1.807) is 7.11 Å². The van der Waals surface area contributed by atoms with Crippen molar-refractivity contribution in [1.82, 2.24) is 0 Å². The quantitative estimate of drug-likeness (QED) is 0.821. The van der Waals surface area contributed by atoms with Gasteiger partial charge in [-0.1, -0.05) is 15.9 Å². The summed E-state index contributed by atoms with van der Waals surface area (Å²) in [6, 6.07) is 4.15. The molecule has 18 heavy (non-hydrogen) atoms. The lowest BCUT2D eigenvalue weighted by Crippen LogP contribution is -2.12. The van der Waals surface area contributed by atoms with Gasteiger partial charge in [-0.05, 0) is 36.1 Å². The second kappa shape index (κ2) is 6.55. The van der Waals surface area contributed by atoms with Gasteiger partial charge in [0.25, 0.3) is 0 Å². The van der Waals surface area contributed by atoms with E-state index in [2.05, 4.69) is 22.0 Å². The average molecular weight is 315 g/mol. The molecule has 2 rings (SSSR count). The third kappa shape index (κ3) is 3.46. The molecule has 1 aromatic rings. The van der Waals surface area contributed by atoms with E-state index < -0.39 is 0 Å². The standard InChI is InChI=1S/C14H19BrO3/c1-17-5-2-3-13(16)9-11-8-12(15)7-10-4-6-18-14(10)11/h7-8,13,16H,2-6,9H2,1H3. The lowest BCUT2D eigenvalue weighted by atomic mass is 10.0. The van der Waals surface area contributed by atoms with Gasteiger partial charge in [0.15, 0.2) is 0 Å². The van der Waals surface area contributed by atoms with Gasteiger partial charge in [-0.3, -0.25) is 0 Å². The van der Waals surface area contributed by atoms with E-state index in [1.807, 2.05) is 6.07 Å². The number of halogens is 1. The van der Waals surface area contributed by atoms with Crippen molar-refractivity contribution in [3.63, 3.8) is 0 Å². The molecule has 1 aliphatic heterocycles. The van der Waals surface area contributed by atoms with Crippen LogP contribution in [-0.4, -0.2) is 31.5 Å². The Hall–Kier alpha value is -0.580. The molecule has 1 heterocycles. The molecule has 0 aliphatic carbocycles. The summed E-state index contributed by atoms with van der Waals surface area (Å²) in [5.74, 6) is 0.976. The fraction of sp³-hybridized carbons (Fsp3) is 0.571. The number of methoxy groups -OCH3 is 1. The number of aliphatic hydroxyl groups is 1. The van der Waals surface area contributed by atoms with E-state index in [9.17, 15) is 5.11 Å². The summed E-state index contributed by atoms with van der Waals surface area (Å²) in [5, 5.41) is 10.0. The number of benzene rings is 1. The maximum absolute atomic E-state index is 10.0. The molecule has 0 saturated carbocycles. The summed E-state index contributed by atoms with van der Waals surface area (Å²) in [6.07, 6.45) is 2.92. The molecule has 0 radical (unpaired) electrons. The summed E-state index contributed by atoms with van der Waals surface area (Å²) >= 11 is 3.51. The smallest absolute Gasteiger partial charge is 0.125 e. The number of rotatable bonds is 6. The summed E-state index contributed by atoms with van der Waals surface area (Å²) in [6.45, 7) is 1.45. The highest BCUT2D eigenvalue weighted by Crippen LogP contribution is 2.33. The minimum Gasteiger partial charge on any atom is -0.493 e. The van der Waals surface area contributed by atoms with Gasteiger partial charge in [-0.2, -0.15) is 0 Å². The van der Waals surface area contributed by atoms with Gasteiger partial charge in [0, 0.05) is 31.0 Å². The summed E-state index contributed by atoms with van der Waals surface area (Å²) < 4.78 is 11.7. The normalized spacial score (nSPS) is 15.3. The molecule has 0 spiro atoms. The van der Waals surface area contributed by atoms with E-state index in [4.69, 9.17) is 9.47 Å². The van der Waals surface area contributed by atoms with Crippen LogP contribution in [-0.2, 0) is 17.6 Å². The van der Waals surface area contributed by atoms with Gasteiger partial charge >= 0.3 is 0 Å². The molecule has 3 nitrogen and oxygen atoms in total. The second-order valence-corrected chi connectivity index (χ2v) is 5.56. The van der Waals surface area contributed by atoms with Gasteiger partial charge in [-0.15, -0.1) is 0 Å². The van der Waals surface area contributed by atoms with E-state index in [0.717, 1.165) is 41.7 Å². The first-order valence-corrected chi connectivity index (χ1v) is 7.11. The van der Waals surface area contributed by atoms with Crippen LogP contribution >= 0.6 is 15.9 Å². The molecule has 1 aliphatic rings. The monoisotopic (exact) mass is 314 g/mol. The van der Waals surface area contributed by atoms with E-state index in [0.29, 0.717) is 13.0 Å². The van der Waals surface area contributed by atoms with Crippen LogP contribution in [0.2, 0.25) is 0 Å². The third-order valence-electron chi connectivity index (χ3n) is 3.17. The van der Waals surface area contributed by atoms with E-state index in [-0.39, 0.29) is 6.10 Å². The Balaban J connectivity index is 2.00. The lowest BCUT2D eigenvalue weighted by molar-refractivity contribution is 0.134. The van der Waals surface area contributed by atoms with Crippen LogP contribution in [0.3, 0.4) is 0 Å². The SMILES string of the molecule is COCCCC(O)Cc1cc(Br)cc2c1OCC2. The van der Waals surface area contributed by atoms with Crippen molar-refractivity contribution < 1.29 is 14.6 Å². The van der Waals surface area contributed by atoms with Crippen LogP contribution in [0.5, 0.6) is 5.75 Å². The zero-order valence-corrected chi connectivity index (χ0v) is 12.2. The van der Waals surface area contributed by atoms with Gasteiger partial charge in [-0.25, -0.2) is 0 Å². The largest absolute Gasteiger partial charge is 0.493 e.